The lowest BCUT2D eigenvalue weighted by atomic mass is 10.0. The summed E-state index contributed by atoms with van der Waals surface area (Å²) in [5, 5.41) is 0. The molecule has 0 saturated heterocycles. The van der Waals surface area contributed by atoms with Gasteiger partial charge in [0.05, 0.1) is 0 Å². The summed E-state index contributed by atoms with van der Waals surface area (Å²) in [5.74, 6) is 4.20. The van der Waals surface area contributed by atoms with Gasteiger partial charge >= 0.3 is 0 Å². The first-order valence-electron chi connectivity index (χ1n) is 12.5. The molecule has 170 valence electrons. The van der Waals surface area contributed by atoms with Crippen LogP contribution in [0.2, 0.25) is 0 Å². The van der Waals surface area contributed by atoms with Crippen LogP contribution in [-0.4, -0.2) is 11.5 Å². The largest absolute Gasteiger partial charge is 1.00 e. The van der Waals surface area contributed by atoms with Gasteiger partial charge in [-0.05, 0) is 42.1 Å². The highest BCUT2D eigenvalue weighted by molar-refractivity contribution is 7.96. The molecule has 0 aliphatic rings. The van der Waals surface area contributed by atoms with E-state index >= 15 is 0 Å². The first-order valence-corrected chi connectivity index (χ1v) is 14.2. The van der Waals surface area contributed by atoms with Crippen molar-refractivity contribution in [3.8, 4) is 0 Å². The molecule has 29 heavy (non-hydrogen) atoms. The van der Waals surface area contributed by atoms with Gasteiger partial charge in [0.25, 0.3) is 0 Å². The summed E-state index contributed by atoms with van der Waals surface area (Å²) in [6, 6.07) is 9.65. The Hall–Kier alpha value is -0.140. The quantitative estimate of drug-likeness (QED) is 0.186. The topological polar surface area (TPSA) is 0 Å². The minimum atomic E-state index is 0. The molecule has 0 aromatic heterocycles. The van der Waals surface area contributed by atoms with Gasteiger partial charge in [-0.25, -0.2) is 0 Å². The molecule has 0 saturated carbocycles. The highest BCUT2D eigenvalue weighted by Crippen LogP contribution is 2.16. The summed E-state index contributed by atoms with van der Waals surface area (Å²) in [5.41, 5.74) is 3.12. The van der Waals surface area contributed by atoms with Crippen LogP contribution >= 0.6 is 0 Å². The zero-order chi connectivity index (χ0) is 20.3. The highest BCUT2D eigenvalue weighted by atomic mass is 35.5. The zero-order valence-corrected chi connectivity index (χ0v) is 21.4. The van der Waals surface area contributed by atoms with Gasteiger partial charge in [0.2, 0.25) is 0 Å². The molecule has 0 nitrogen and oxygen atoms in total. The van der Waals surface area contributed by atoms with Gasteiger partial charge in [-0.3, -0.25) is 0 Å². The van der Waals surface area contributed by atoms with Crippen LogP contribution in [0.25, 0.3) is 0 Å². The van der Waals surface area contributed by atoms with Crippen LogP contribution in [0.4, 0.5) is 0 Å². The summed E-state index contributed by atoms with van der Waals surface area (Å²) in [7, 11) is 0.605. The molecule has 0 N–H and O–H groups in total. The van der Waals surface area contributed by atoms with Gasteiger partial charge in [0.15, 0.2) is 0 Å². The molecule has 0 amide bonds. The number of hydrogen-bond acceptors (Lipinski definition) is 0. The smallest absolute Gasteiger partial charge is 0.133 e. The van der Waals surface area contributed by atoms with Crippen molar-refractivity contribution in [2.75, 3.05) is 11.5 Å². The number of benzene rings is 1. The average Bonchev–Trinajstić information content (AvgIpc) is 2.72. The molecule has 1 aromatic carbocycles. The number of rotatable bonds is 19. The molecule has 0 spiro atoms. The molecule has 0 unspecified atom stereocenters. The van der Waals surface area contributed by atoms with Gasteiger partial charge in [0.1, 0.15) is 17.3 Å². The highest BCUT2D eigenvalue weighted by Gasteiger charge is 2.17. The molecule has 0 atom stereocenters. The van der Waals surface area contributed by atoms with Crippen molar-refractivity contribution in [3.05, 3.63) is 35.4 Å². The van der Waals surface area contributed by atoms with Crippen molar-refractivity contribution in [3.63, 3.8) is 0 Å². The van der Waals surface area contributed by atoms with Crippen molar-refractivity contribution in [2.24, 2.45) is 0 Å². The van der Waals surface area contributed by atoms with E-state index in [9.17, 15) is 0 Å². The first-order chi connectivity index (χ1) is 13.8. The summed E-state index contributed by atoms with van der Waals surface area (Å²) < 4.78 is 0. The third-order valence-electron chi connectivity index (χ3n) is 5.79. The zero-order valence-electron chi connectivity index (χ0n) is 19.8. The Morgan fingerprint density at radius 1 is 0.517 bits per heavy atom. The summed E-state index contributed by atoms with van der Waals surface area (Å²) >= 11 is 0. The van der Waals surface area contributed by atoms with E-state index < -0.39 is 0 Å². The maximum absolute atomic E-state index is 2.42. The maximum Gasteiger partial charge on any atom is 0.133 e. The van der Waals surface area contributed by atoms with Gasteiger partial charge in [0, 0.05) is 5.56 Å². The van der Waals surface area contributed by atoms with E-state index in [0.29, 0.717) is 10.9 Å². The standard InChI is InChI=1S/C27H49S.ClH/c1-4-7-10-11-12-13-14-15-16-17-18-26-19-21-27(22-20-26)25-28(23-8-5-2)24-9-6-3;/h19-22H,4-18,23-25H2,1-3H3;1H/q+1;/p-1. The average molecular weight is 441 g/mol. The molecule has 0 aliphatic heterocycles. The Bertz CT molecular complexity index is 434. The molecule has 0 aliphatic carbocycles. The van der Waals surface area contributed by atoms with Crippen LogP contribution in [0.5, 0.6) is 0 Å². The fourth-order valence-electron chi connectivity index (χ4n) is 3.80. The Morgan fingerprint density at radius 2 is 0.931 bits per heavy atom. The van der Waals surface area contributed by atoms with Crippen LogP contribution < -0.4 is 12.4 Å². The molecule has 0 bridgehead atoms. The Morgan fingerprint density at radius 3 is 1.41 bits per heavy atom. The van der Waals surface area contributed by atoms with E-state index in [1.807, 2.05) is 0 Å². The fourth-order valence-corrected chi connectivity index (χ4v) is 6.35. The van der Waals surface area contributed by atoms with E-state index in [1.165, 1.54) is 114 Å². The summed E-state index contributed by atoms with van der Waals surface area (Å²) in [6.45, 7) is 6.94. The van der Waals surface area contributed by atoms with Crippen molar-refractivity contribution in [1.82, 2.24) is 0 Å². The minimum Gasteiger partial charge on any atom is -1.00 e. The SMILES string of the molecule is CCCCCCCCCCCCc1ccc(C[S+](CCCC)CCCC)cc1.[Cl-]. The van der Waals surface area contributed by atoms with Gasteiger partial charge in [-0.2, -0.15) is 0 Å². The minimum absolute atomic E-state index is 0. The van der Waals surface area contributed by atoms with Gasteiger partial charge in [-0.15, -0.1) is 0 Å². The van der Waals surface area contributed by atoms with E-state index in [-0.39, 0.29) is 12.4 Å². The number of aryl methyl sites for hydroxylation is 1. The van der Waals surface area contributed by atoms with Gasteiger partial charge in [-0.1, -0.05) is 116 Å². The van der Waals surface area contributed by atoms with E-state index in [2.05, 4.69) is 45.0 Å². The fraction of sp³-hybridized carbons (Fsp3) is 0.778. The van der Waals surface area contributed by atoms with Gasteiger partial charge < -0.3 is 12.4 Å². The second kappa shape index (κ2) is 21.1. The molecular weight excluding hydrogens is 392 g/mol. The van der Waals surface area contributed by atoms with Crippen LogP contribution in [0.1, 0.15) is 122 Å². The van der Waals surface area contributed by atoms with Crippen LogP contribution in [-0.2, 0) is 23.1 Å². The molecule has 1 aromatic rings. The third kappa shape index (κ3) is 16.3. The normalized spacial score (nSPS) is 11.0. The Labute approximate surface area is 192 Å². The monoisotopic (exact) mass is 440 g/mol. The number of unbranched alkanes of at least 4 members (excludes halogenated alkanes) is 11. The second-order valence-corrected chi connectivity index (χ2v) is 11.0. The van der Waals surface area contributed by atoms with Crippen LogP contribution in [0, 0.1) is 0 Å². The van der Waals surface area contributed by atoms with Crippen molar-refractivity contribution in [1.29, 1.82) is 0 Å². The maximum atomic E-state index is 2.42. The lowest BCUT2D eigenvalue weighted by molar-refractivity contribution is -0.00000620. The van der Waals surface area contributed by atoms with Crippen molar-refractivity contribution >= 4 is 10.9 Å². The number of halogens is 1. The van der Waals surface area contributed by atoms with Crippen LogP contribution in [0.15, 0.2) is 24.3 Å². The predicted molar refractivity (Wildman–Crippen MR) is 133 cm³/mol. The van der Waals surface area contributed by atoms with Crippen molar-refractivity contribution in [2.45, 2.75) is 123 Å². The second-order valence-electron chi connectivity index (χ2n) is 8.62. The van der Waals surface area contributed by atoms with E-state index in [1.54, 1.807) is 11.1 Å². The molecule has 0 fully saturated rings. The lowest BCUT2D eigenvalue weighted by Gasteiger charge is -2.09. The summed E-state index contributed by atoms with van der Waals surface area (Å²) in [4.78, 5) is 0. The van der Waals surface area contributed by atoms with E-state index in [0.717, 1.165) is 0 Å². The Kier molecular flexibility index (Phi) is 21.0. The molecular formula is C27H49ClS. The molecule has 0 radical (unpaired) electrons. The Balaban J connectivity index is 0.00000784. The first kappa shape index (κ1) is 28.9. The predicted octanol–water partition coefficient (Wildman–Crippen LogP) is 5.87. The lowest BCUT2D eigenvalue weighted by Crippen LogP contribution is -3.00. The van der Waals surface area contributed by atoms with E-state index in [4.69, 9.17) is 0 Å². The van der Waals surface area contributed by atoms with Crippen LogP contribution in [0.3, 0.4) is 0 Å². The third-order valence-corrected chi connectivity index (χ3v) is 8.26. The molecule has 1 rings (SSSR count). The summed E-state index contributed by atoms with van der Waals surface area (Å²) in [6.07, 6.45) is 21.0. The van der Waals surface area contributed by atoms with Crippen molar-refractivity contribution < 1.29 is 12.4 Å². The molecule has 0 heterocycles. The molecule has 2 heteroatoms. The number of hydrogen-bond donors (Lipinski definition) is 0.